The fourth-order valence-corrected chi connectivity index (χ4v) is 18.2. The van der Waals surface area contributed by atoms with Crippen molar-refractivity contribution in [3.63, 3.8) is 0 Å². The summed E-state index contributed by atoms with van der Waals surface area (Å²) in [4.78, 5) is 133. The molecule has 0 radical (unpaired) electrons. The van der Waals surface area contributed by atoms with Gasteiger partial charge in [-0.05, 0) is 177 Å². The number of nitrogens with one attached hydrogen (secondary N) is 6. The molecule has 0 spiro atoms. The van der Waals surface area contributed by atoms with Crippen LogP contribution in [0.3, 0.4) is 0 Å². The van der Waals surface area contributed by atoms with E-state index in [-0.39, 0.29) is 76.8 Å². The van der Waals surface area contributed by atoms with Crippen LogP contribution in [0.15, 0.2) is 328 Å². The van der Waals surface area contributed by atoms with Crippen molar-refractivity contribution in [2.75, 3.05) is 75.7 Å². The van der Waals surface area contributed by atoms with Gasteiger partial charge in [-0.2, -0.15) is 0 Å². The summed E-state index contributed by atoms with van der Waals surface area (Å²) in [6.07, 6.45) is 36.6. The lowest BCUT2D eigenvalue weighted by Crippen LogP contribution is -2.46. The number of allylic oxidation sites excluding steroid dienone is 4. The highest BCUT2D eigenvalue weighted by Crippen LogP contribution is 2.39. The molecule has 28 heteroatoms. The third-order valence-corrected chi connectivity index (χ3v) is 25.2. The zero-order valence-corrected chi connectivity index (χ0v) is 75.3. The molecule has 7 aliphatic rings. The minimum atomic E-state index is -1.05. The maximum absolute atomic E-state index is 13.7. The predicted octanol–water partition coefficient (Wildman–Crippen LogP) is 18.0. The number of carboxylic acids is 1. The molecule has 4 aromatic heterocycles. The predicted molar refractivity (Wildman–Crippen MR) is 526 cm³/mol. The molecule has 4 atom stereocenters. The first-order valence-corrected chi connectivity index (χ1v) is 45.7. The lowest BCUT2D eigenvalue weighted by atomic mass is 9.89. The Morgan fingerprint density at radius 3 is 1.21 bits per heavy atom. The second-order valence-corrected chi connectivity index (χ2v) is 35.2. The Morgan fingerprint density at radius 1 is 0.422 bits per heavy atom. The molecule has 3 saturated heterocycles. The Kier molecular flexibility index (Phi) is 28.2. The van der Waals surface area contributed by atoms with Crippen molar-refractivity contribution in [1.29, 1.82) is 0 Å². The third-order valence-electron chi connectivity index (χ3n) is 25.2. The van der Waals surface area contributed by atoms with Crippen LogP contribution in [0.25, 0.3) is 33.2 Å². The summed E-state index contributed by atoms with van der Waals surface area (Å²) in [5.41, 5.74) is 18.9. The Hall–Kier alpha value is -16.1. The number of benzene rings is 8. The number of nitrogen functional groups attached to an aromatic ring is 1. The van der Waals surface area contributed by atoms with Crippen molar-refractivity contribution in [2.45, 2.75) is 114 Å². The van der Waals surface area contributed by atoms with Gasteiger partial charge < -0.3 is 71.2 Å². The van der Waals surface area contributed by atoms with Gasteiger partial charge in [0.2, 0.25) is 35.6 Å². The van der Waals surface area contributed by atoms with Crippen LogP contribution in [-0.4, -0.2) is 171 Å². The van der Waals surface area contributed by atoms with Crippen molar-refractivity contribution in [3.8, 4) is 22.3 Å². The molecular formula is C107H107N19O9. The van der Waals surface area contributed by atoms with E-state index in [2.05, 4.69) is 100 Å². The fourth-order valence-electron chi connectivity index (χ4n) is 18.2. The van der Waals surface area contributed by atoms with Gasteiger partial charge in [0.1, 0.15) is 5.60 Å². The van der Waals surface area contributed by atoms with E-state index in [0.29, 0.717) is 105 Å². The highest BCUT2D eigenvalue weighted by Gasteiger charge is 2.37. The van der Waals surface area contributed by atoms with Crippen molar-refractivity contribution < 1.29 is 43.4 Å². The van der Waals surface area contributed by atoms with Crippen LogP contribution in [-0.2, 0) is 25.5 Å². The van der Waals surface area contributed by atoms with Crippen LogP contribution in [0.4, 0.5) is 62.5 Å². The van der Waals surface area contributed by atoms with Crippen molar-refractivity contribution in [3.05, 3.63) is 350 Å². The molecule has 135 heavy (non-hydrogen) atoms. The molecule has 5 aliphatic heterocycles. The van der Waals surface area contributed by atoms with Crippen molar-refractivity contribution in [1.82, 2.24) is 60.2 Å². The second kappa shape index (κ2) is 42.0. The highest BCUT2D eigenvalue weighted by molar-refractivity contribution is 6.08. The number of carbonyl (C=O) groups excluding carboxylic acids is 6. The third kappa shape index (κ3) is 22.2. The summed E-state index contributed by atoms with van der Waals surface area (Å²) in [6.45, 7) is 9.20. The molecule has 12 aromatic rings. The van der Waals surface area contributed by atoms with E-state index in [9.17, 15) is 38.7 Å². The number of H-pyrrole nitrogens is 1. The van der Waals surface area contributed by atoms with Crippen molar-refractivity contribution >= 4 is 110 Å². The van der Waals surface area contributed by atoms with Crippen LogP contribution in [0, 0.1) is 11.8 Å². The molecule has 9 heterocycles. The maximum atomic E-state index is 13.7. The minimum absolute atomic E-state index is 0.0431. The minimum Gasteiger partial charge on any atom is -0.478 e. The molecule has 8 aromatic carbocycles. The van der Waals surface area contributed by atoms with E-state index in [1.807, 2.05) is 258 Å². The lowest BCUT2D eigenvalue weighted by Gasteiger charge is -2.38. The number of aromatic nitrogens is 7. The Labute approximate surface area is 783 Å². The quantitative estimate of drug-likeness (QED) is 0.0276. The summed E-state index contributed by atoms with van der Waals surface area (Å²) in [6, 6.07) is 69.2. The zero-order chi connectivity index (χ0) is 93.3. The Bertz CT molecular complexity index is 6410. The molecule has 3 fully saturated rings. The average Bonchev–Trinajstić information content (AvgIpc) is 1.80. The topological polar surface area (TPSA) is 348 Å². The van der Waals surface area contributed by atoms with Gasteiger partial charge in [0, 0.05) is 141 Å². The van der Waals surface area contributed by atoms with Gasteiger partial charge in [0.25, 0.3) is 11.8 Å². The summed E-state index contributed by atoms with van der Waals surface area (Å²) in [5, 5.41) is 25.7. The Morgan fingerprint density at radius 2 is 0.793 bits per heavy atom. The van der Waals surface area contributed by atoms with Crippen LogP contribution in [0.1, 0.15) is 109 Å². The standard InChI is InChI=1S/C43H45N7O4.C38H35N7O2.C26H27N5O3/c1-43(2,3)54-42(53)48-37-19-18-30(29-12-6-4-7-13-29)24-38(37)47-40(52)32-27-45-41(46-28-32)50(33-14-8-5-9-15-33)34-20-22-49(23-21-34)39(51)25-31-26-44-36-17-11-10-16-35(31)36;39-33-16-15-27(26-9-3-1-4-10-26)21-35(33)43-37(47)29-24-41-38(42-25-29)45(30-11-5-2-6-12-30)31-17-19-44(20-18-31)36(46)22-28-23-40-34-14-8-7-13-32(28)34;32-24(14-18-15-27-23-9-5-4-8-22(18)23)30-12-10-21(11-13-30)31(20-6-2-1-3-7-20)26-28-16-19(17-29-26)25(33)34/h4-19,24,26-28,34-36,44H,20-23,25H2,1-3H3,(H,47,52)(H,48,53);1-16,21,23-25,31,40H,17-20,22,39H2,(H,43,47);1-9,15-17,21-23,27H,10-14H2,(H,33,34). The number of anilines is 10. The number of ether oxygens (including phenoxy) is 1. The highest BCUT2D eigenvalue weighted by atomic mass is 16.6. The number of rotatable bonds is 23. The fraction of sp³-hybridized carbons (Fsp3) is 0.243. The van der Waals surface area contributed by atoms with E-state index in [1.54, 1.807) is 45.3 Å². The molecule has 28 nitrogen and oxygen atoms in total. The van der Waals surface area contributed by atoms with E-state index < -0.39 is 23.6 Å². The van der Waals surface area contributed by atoms with Gasteiger partial charge in [0.05, 0.1) is 70.8 Å². The van der Waals surface area contributed by atoms with E-state index in [1.165, 1.54) is 24.8 Å². The number of nitrogens with two attached hydrogens (primary N) is 1. The van der Waals surface area contributed by atoms with Gasteiger partial charge in [-0.15, -0.1) is 0 Å². The number of likely N-dealkylation sites (tertiary alicyclic amines) is 3. The molecular weight excluding hydrogens is 1700 g/mol. The first kappa shape index (κ1) is 90.8. The number of aromatic carboxylic acids is 1. The summed E-state index contributed by atoms with van der Waals surface area (Å²) in [5.74, 6) is 0.500. The van der Waals surface area contributed by atoms with Gasteiger partial charge in [-0.25, -0.2) is 39.5 Å². The smallest absolute Gasteiger partial charge is 0.412 e. The monoisotopic (exact) mass is 1800 g/mol. The van der Waals surface area contributed by atoms with Crippen LogP contribution < -0.4 is 47.0 Å². The lowest BCUT2D eigenvalue weighted by molar-refractivity contribution is -0.132. The SMILES string of the molecule is CC(C)(C)OC(=O)Nc1ccc(-c2ccccc2)cc1NC(=O)c1cnc(N(c2ccccc2)C2CCN(C(=O)CC3=CNC4C=CC=CC34)CC2)nc1.Nc1ccc(-c2ccccc2)cc1NC(=O)c1cnc(N(c2ccccc2)C2CCN(C(=O)Cc3c[nH]c4ccccc34)CC2)nc1.O=C(O)c1cnc(N(c2ccccc2)C2CCN(C(=O)CC3=CNC4C=CC=CC34)CC2)nc1. The molecule has 19 rings (SSSR count). The van der Waals surface area contributed by atoms with Crippen molar-refractivity contribution in [2.24, 2.45) is 11.8 Å². The van der Waals surface area contributed by atoms with E-state index >= 15 is 0 Å². The zero-order valence-electron chi connectivity index (χ0n) is 75.3. The largest absolute Gasteiger partial charge is 0.478 e. The summed E-state index contributed by atoms with van der Waals surface area (Å²) >= 11 is 0. The first-order valence-electron chi connectivity index (χ1n) is 45.7. The average molecular weight is 1800 g/mol. The summed E-state index contributed by atoms with van der Waals surface area (Å²) in [7, 11) is 0. The number of para-hydroxylation sites is 4. The number of amides is 6. The molecule has 2 aliphatic carbocycles. The summed E-state index contributed by atoms with van der Waals surface area (Å²) < 4.78 is 5.47. The van der Waals surface area contributed by atoms with Gasteiger partial charge >= 0.3 is 12.1 Å². The number of carboxylic acid groups (broad SMARTS) is 1. The van der Waals surface area contributed by atoms with Gasteiger partial charge in [0.15, 0.2) is 0 Å². The number of carbonyl (C=O) groups is 7. The number of nitrogens with zero attached hydrogens (tertiary/aromatic N) is 12. The number of aromatic amines is 1. The van der Waals surface area contributed by atoms with E-state index in [4.69, 9.17) is 10.5 Å². The van der Waals surface area contributed by atoms with E-state index in [0.717, 1.165) is 105 Å². The molecule has 9 N–H and O–H groups in total. The van der Waals surface area contributed by atoms with Gasteiger partial charge in [-0.1, -0.05) is 194 Å². The number of hydrogen-bond acceptors (Lipinski definition) is 20. The molecule has 684 valence electrons. The first-order chi connectivity index (χ1) is 65.7. The van der Waals surface area contributed by atoms with Crippen LogP contribution >= 0.6 is 0 Å². The van der Waals surface area contributed by atoms with Crippen LogP contribution in [0.2, 0.25) is 0 Å². The maximum Gasteiger partial charge on any atom is 0.412 e. The number of piperidine rings is 3. The number of fused-ring (bicyclic) bond motifs is 3. The normalized spacial score (nSPS) is 17.3. The molecule has 0 saturated carbocycles. The van der Waals surface area contributed by atoms with Gasteiger partial charge in [-0.3, -0.25) is 29.3 Å². The number of hydrogen-bond donors (Lipinski definition) is 8. The Balaban J connectivity index is 0.000000144. The molecule has 6 amide bonds. The van der Waals surface area contributed by atoms with Crippen LogP contribution in [0.5, 0.6) is 0 Å². The molecule has 4 unspecified atom stereocenters. The molecule has 0 bridgehead atoms. The second-order valence-electron chi connectivity index (χ2n) is 35.2.